The summed E-state index contributed by atoms with van der Waals surface area (Å²) in [6, 6.07) is 4.17. The molecule has 6 heteroatoms. The third kappa shape index (κ3) is 3.76. The normalized spacial score (nSPS) is 23.0. The van der Waals surface area contributed by atoms with Gasteiger partial charge in [0.05, 0.1) is 10.6 Å². The molecule has 0 amide bonds. The SMILES string of the molecule is CN(C)[C@@]1(CCc2cccc(C(F)(F)F)c2Cl)CCCNC1. The number of hydrogen-bond acceptors (Lipinski definition) is 2. The van der Waals surface area contributed by atoms with Crippen LogP contribution in [-0.2, 0) is 12.6 Å². The summed E-state index contributed by atoms with van der Waals surface area (Å²) in [5.41, 5.74) is -0.189. The Balaban J connectivity index is 2.17. The first-order valence-electron chi connectivity index (χ1n) is 7.49. The Morgan fingerprint density at radius 3 is 2.59 bits per heavy atom. The van der Waals surface area contributed by atoms with E-state index in [9.17, 15) is 13.2 Å². The molecule has 1 fully saturated rings. The van der Waals surface area contributed by atoms with E-state index in [1.54, 1.807) is 6.07 Å². The van der Waals surface area contributed by atoms with E-state index in [2.05, 4.69) is 10.2 Å². The maximum Gasteiger partial charge on any atom is 0.417 e. The molecule has 0 aromatic heterocycles. The summed E-state index contributed by atoms with van der Waals surface area (Å²) < 4.78 is 38.8. The van der Waals surface area contributed by atoms with Crippen LogP contribution in [0.25, 0.3) is 0 Å². The van der Waals surface area contributed by atoms with E-state index in [0.29, 0.717) is 12.0 Å². The van der Waals surface area contributed by atoms with Crippen molar-refractivity contribution in [3.63, 3.8) is 0 Å². The summed E-state index contributed by atoms with van der Waals surface area (Å²) in [5, 5.41) is 3.23. The topological polar surface area (TPSA) is 15.3 Å². The predicted molar refractivity (Wildman–Crippen MR) is 83.3 cm³/mol. The molecule has 2 rings (SSSR count). The van der Waals surface area contributed by atoms with Crippen LogP contribution in [0.1, 0.15) is 30.4 Å². The third-order valence-electron chi connectivity index (χ3n) is 4.64. The first-order chi connectivity index (χ1) is 10.3. The fourth-order valence-corrected chi connectivity index (χ4v) is 3.46. The van der Waals surface area contributed by atoms with Gasteiger partial charge in [-0.1, -0.05) is 23.7 Å². The molecule has 0 aliphatic carbocycles. The van der Waals surface area contributed by atoms with Gasteiger partial charge in [-0.25, -0.2) is 0 Å². The van der Waals surface area contributed by atoms with Crippen LogP contribution < -0.4 is 5.32 Å². The Hall–Kier alpha value is -0.780. The van der Waals surface area contributed by atoms with Crippen LogP contribution in [0.15, 0.2) is 18.2 Å². The highest BCUT2D eigenvalue weighted by Crippen LogP contribution is 2.37. The molecule has 0 radical (unpaired) electrons. The monoisotopic (exact) mass is 334 g/mol. The molecule has 22 heavy (non-hydrogen) atoms. The minimum absolute atomic E-state index is 0.0180. The number of piperidine rings is 1. The molecule has 1 atom stereocenters. The first kappa shape index (κ1) is 17.6. The van der Waals surface area contributed by atoms with Gasteiger partial charge in [-0.3, -0.25) is 0 Å². The smallest absolute Gasteiger partial charge is 0.315 e. The molecule has 1 aliphatic heterocycles. The number of rotatable bonds is 4. The lowest BCUT2D eigenvalue weighted by Gasteiger charge is -2.43. The number of hydrogen-bond donors (Lipinski definition) is 1. The summed E-state index contributed by atoms with van der Waals surface area (Å²) in [4.78, 5) is 2.18. The van der Waals surface area contributed by atoms with Crippen LogP contribution >= 0.6 is 11.6 Å². The Morgan fingerprint density at radius 2 is 2.05 bits per heavy atom. The van der Waals surface area contributed by atoms with Crippen LogP contribution in [0, 0.1) is 0 Å². The molecule has 124 valence electrons. The molecular weight excluding hydrogens is 313 g/mol. The van der Waals surface area contributed by atoms with Crippen molar-refractivity contribution in [2.45, 2.75) is 37.4 Å². The maximum absolute atomic E-state index is 12.9. The van der Waals surface area contributed by atoms with Crippen molar-refractivity contribution >= 4 is 11.6 Å². The standard InChI is InChI=1S/C16H22ClF3N2/c1-22(2)15(8-4-10-21-11-15)9-7-12-5-3-6-13(14(12)17)16(18,19)20/h3,5-6,21H,4,7-11H2,1-2H3/t15-/m1/s1. The fraction of sp³-hybridized carbons (Fsp3) is 0.625. The van der Waals surface area contributed by atoms with Crippen LogP contribution in [0.3, 0.4) is 0 Å². The molecule has 1 saturated heterocycles. The van der Waals surface area contributed by atoms with E-state index in [0.717, 1.165) is 38.4 Å². The molecule has 1 N–H and O–H groups in total. The second kappa shape index (κ2) is 6.77. The minimum Gasteiger partial charge on any atom is -0.315 e. The van der Waals surface area contributed by atoms with E-state index < -0.39 is 11.7 Å². The van der Waals surface area contributed by atoms with Gasteiger partial charge in [-0.15, -0.1) is 0 Å². The Morgan fingerprint density at radius 1 is 1.32 bits per heavy atom. The van der Waals surface area contributed by atoms with Crippen molar-refractivity contribution in [2.24, 2.45) is 0 Å². The highest BCUT2D eigenvalue weighted by atomic mass is 35.5. The van der Waals surface area contributed by atoms with Crippen molar-refractivity contribution in [3.8, 4) is 0 Å². The zero-order valence-electron chi connectivity index (χ0n) is 12.9. The molecule has 1 aromatic carbocycles. The van der Waals surface area contributed by atoms with Crippen LogP contribution in [0.5, 0.6) is 0 Å². The van der Waals surface area contributed by atoms with Crippen molar-refractivity contribution in [1.29, 1.82) is 0 Å². The maximum atomic E-state index is 12.9. The van der Waals surface area contributed by atoms with Gasteiger partial charge in [0.2, 0.25) is 0 Å². The van der Waals surface area contributed by atoms with Crippen molar-refractivity contribution < 1.29 is 13.2 Å². The zero-order chi connectivity index (χ0) is 16.4. The summed E-state index contributed by atoms with van der Waals surface area (Å²) >= 11 is 5.99. The molecular formula is C16H22ClF3N2. The number of nitrogens with zero attached hydrogens (tertiary/aromatic N) is 1. The summed E-state index contributed by atoms with van der Waals surface area (Å²) in [7, 11) is 4.06. The zero-order valence-corrected chi connectivity index (χ0v) is 13.7. The second-order valence-corrected chi connectivity index (χ2v) is 6.55. The number of halogens is 4. The van der Waals surface area contributed by atoms with E-state index in [-0.39, 0.29) is 10.6 Å². The van der Waals surface area contributed by atoms with Gasteiger partial charge >= 0.3 is 6.18 Å². The lowest BCUT2D eigenvalue weighted by atomic mass is 9.83. The lowest BCUT2D eigenvalue weighted by Crippen LogP contribution is -2.55. The third-order valence-corrected chi connectivity index (χ3v) is 5.09. The average molecular weight is 335 g/mol. The van der Waals surface area contributed by atoms with E-state index in [4.69, 9.17) is 11.6 Å². The highest BCUT2D eigenvalue weighted by molar-refractivity contribution is 6.32. The molecule has 1 heterocycles. The average Bonchev–Trinajstić information content (AvgIpc) is 2.46. The fourth-order valence-electron chi connectivity index (χ4n) is 3.13. The van der Waals surface area contributed by atoms with Gasteiger partial charge in [0, 0.05) is 12.1 Å². The molecule has 0 unspecified atom stereocenters. The lowest BCUT2D eigenvalue weighted by molar-refractivity contribution is -0.137. The molecule has 0 saturated carbocycles. The van der Waals surface area contributed by atoms with Crippen molar-refractivity contribution in [2.75, 3.05) is 27.2 Å². The number of likely N-dealkylation sites (N-methyl/N-ethyl adjacent to an activating group) is 1. The molecule has 1 aliphatic rings. The molecule has 2 nitrogen and oxygen atoms in total. The van der Waals surface area contributed by atoms with Crippen molar-refractivity contribution in [3.05, 3.63) is 34.3 Å². The van der Waals surface area contributed by atoms with E-state index in [1.807, 2.05) is 14.1 Å². The van der Waals surface area contributed by atoms with Gasteiger partial charge in [0.25, 0.3) is 0 Å². The Kier molecular flexibility index (Phi) is 5.41. The minimum atomic E-state index is -4.40. The van der Waals surface area contributed by atoms with Crippen LogP contribution in [0.2, 0.25) is 5.02 Å². The predicted octanol–water partition coefficient (Wildman–Crippen LogP) is 3.98. The summed E-state index contributed by atoms with van der Waals surface area (Å²) in [5.74, 6) is 0. The number of aryl methyl sites for hydroxylation is 1. The van der Waals surface area contributed by atoms with Gasteiger partial charge in [0.15, 0.2) is 0 Å². The largest absolute Gasteiger partial charge is 0.417 e. The van der Waals surface area contributed by atoms with E-state index >= 15 is 0 Å². The number of alkyl halides is 3. The molecule has 1 aromatic rings. The Labute approximate surface area is 134 Å². The van der Waals surface area contributed by atoms with Gasteiger partial charge in [0.1, 0.15) is 0 Å². The summed E-state index contributed by atoms with van der Waals surface area (Å²) in [6.07, 6.45) is -0.951. The molecule has 0 spiro atoms. The van der Waals surface area contributed by atoms with E-state index in [1.165, 1.54) is 6.07 Å². The number of nitrogens with one attached hydrogen (secondary N) is 1. The van der Waals surface area contributed by atoms with Gasteiger partial charge in [-0.05, 0) is 58.0 Å². The van der Waals surface area contributed by atoms with Crippen molar-refractivity contribution in [1.82, 2.24) is 10.2 Å². The van der Waals surface area contributed by atoms with Crippen LogP contribution in [0.4, 0.5) is 13.2 Å². The first-order valence-corrected chi connectivity index (χ1v) is 7.87. The van der Waals surface area contributed by atoms with Gasteiger partial charge in [-0.2, -0.15) is 13.2 Å². The second-order valence-electron chi connectivity index (χ2n) is 6.18. The van der Waals surface area contributed by atoms with Gasteiger partial charge < -0.3 is 10.2 Å². The molecule has 0 bridgehead atoms. The summed E-state index contributed by atoms with van der Waals surface area (Å²) in [6.45, 7) is 1.86. The highest BCUT2D eigenvalue weighted by Gasteiger charge is 2.36. The quantitative estimate of drug-likeness (QED) is 0.896. The number of benzene rings is 1. The Bertz CT molecular complexity index is 509. The van der Waals surface area contributed by atoms with Crippen LogP contribution in [-0.4, -0.2) is 37.6 Å².